The minimum atomic E-state index is -3.58. The average molecular weight is 447 g/mol. The first-order chi connectivity index (χ1) is 14.4. The number of hydrogen-bond acceptors (Lipinski definition) is 5. The highest BCUT2D eigenvalue weighted by atomic mass is 32.2. The summed E-state index contributed by atoms with van der Waals surface area (Å²) in [6.07, 6.45) is 0.193. The predicted octanol–water partition coefficient (Wildman–Crippen LogP) is 3.01. The van der Waals surface area contributed by atoms with Crippen LogP contribution in [0, 0.1) is 6.92 Å². The fourth-order valence-electron chi connectivity index (χ4n) is 3.33. The Morgan fingerprint density at radius 1 is 1.23 bits per heavy atom. The third-order valence-corrected chi connectivity index (χ3v) is 6.19. The third kappa shape index (κ3) is 5.70. The molecule has 0 aliphatic carbocycles. The smallest absolute Gasteiger partial charge is 0.263 e. The Kier molecular flexibility index (Phi) is 6.50. The first-order valence-corrected chi connectivity index (χ1v) is 12.1. The standard InChI is InChI=1S/C23H30N2O5S/c1-16-7-6-8-18(13-16)29-12-11-24-22(26)21-15-25(31(5,27)28)19-14-17(23(2,3)4)9-10-20(19)30-21/h6-10,13-14,21H,11-12,15H2,1-5H3,(H,24,26)/t21-/m0/s1. The van der Waals surface area contributed by atoms with E-state index >= 15 is 0 Å². The van der Waals surface area contributed by atoms with Gasteiger partial charge < -0.3 is 14.8 Å². The maximum atomic E-state index is 12.7. The largest absolute Gasteiger partial charge is 0.492 e. The monoisotopic (exact) mass is 446 g/mol. The van der Waals surface area contributed by atoms with Crippen LogP contribution in [0.3, 0.4) is 0 Å². The lowest BCUT2D eigenvalue weighted by Crippen LogP contribution is -2.51. The van der Waals surface area contributed by atoms with Crippen LogP contribution in [0.15, 0.2) is 42.5 Å². The molecule has 7 nitrogen and oxygen atoms in total. The van der Waals surface area contributed by atoms with Crippen LogP contribution in [0.5, 0.6) is 11.5 Å². The number of fused-ring (bicyclic) bond motifs is 1. The van der Waals surface area contributed by atoms with Gasteiger partial charge in [0.25, 0.3) is 5.91 Å². The third-order valence-electron chi connectivity index (χ3n) is 5.05. The van der Waals surface area contributed by atoms with Gasteiger partial charge in [0.15, 0.2) is 6.10 Å². The summed E-state index contributed by atoms with van der Waals surface area (Å²) in [6, 6.07) is 13.1. The van der Waals surface area contributed by atoms with E-state index in [1.54, 1.807) is 6.07 Å². The minimum absolute atomic E-state index is 0.0794. The molecule has 0 radical (unpaired) electrons. The molecule has 0 bridgehead atoms. The highest BCUT2D eigenvalue weighted by Crippen LogP contribution is 2.38. The molecule has 0 spiro atoms. The number of nitrogens with zero attached hydrogens (tertiary/aromatic N) is 1. The van der Waals surface area contributed by atoms with Gasteiger partial charge in [0.05, 0.1) is 25.0 Å². The van der Waals surface area contributed by atoms with Crippen molar-refractivity contribution in [1.82, 2.24) is 5.32 Å². The van der Waals surface area contributed by atoms with Crippen LogP contribution >= 0.6 is 0 Å². The second kappa shape index (κ2) is 8.78. The lowest BCUT2D eigenvalue weighted by molar-refractivity contribution is -0.127. The van der Waals surface area contributed by atoms with E-state index in [4.69, 9.17) is 9.47 Å². The van der Waals surface area contributed by atoms with Gasteiger partial charge in [0, 0.05) is 0 Å². The van der Waals surface area contributed by atoms with E-state index in [1.807, 2.05) is 43.3 Å². The van der Waals surface area contributed by atoms with Gasteiger partial charge in [-0.1, -0.05) is 39.0 Å². The SMILES string of the molecule is Cc1cccc(OCCNC(=O)[C@@H]2CN(S(C)(=O)=O)c3cc(C(C)(C)C)ccc3O2)c1. The average Bonchev–Trinajstić information content (AvgIpc) is 2.68. The van der Waals surface area contributed by atoms with E-state index in [1.165, 1.54) is 4.31 Å². The van der Waals surface area contributed by atoms with E-state index < -0.39 is 16.1 Å². The number of sulfonamides is 1. The van der Waals surface area contributed by atoms with Gasteiger partial charge >= 0.3 is 0 Å². The lowest BCUT2D eigenvalue weighted by atomic mass is 9.86. The molecule has 2 aromatic rings. The number of hydrogen-bond donors (Lipinski definition) is 1. The van der Waals surface area contributed by atoms with Crippen LogP contribution in [-0.4, -0.2) is 46.4 Å². The van der Waals surface area contributed by atoms with Crippen LogP contribution < -0.4 is 19.1 Å². The van der Waals surface area contributed by atoms with Crippen molar-refractivity contribution in [3.63, 3.8) is 0 Å². The van der Waals surface area contributed by atoms with Gasteiger partial charge in [-0.15, -0.1) is 0 Å². The van der Waals surface area contributed by atoms with E-state index in [-0.39, 0.29) is 24.4 Å². The number of anilines is 1. The normalized spacial score (nSPS) is 16.3. The maximum Gasteiger partial charge on any atom is 0.263 e. The van der Waals surface area contributed by atoms with E-state index in [2.05, 4.69) is 26.1 Å². The zero-order chi connectivity index (χ0) is 22.8. The summed E-state index contributed by atoms with van der Waals surface area (Å²) < 4.78 is 37.6. The molecule has 1 aliphatic heterocycles. The Morgan fingerprint density at radius 3 is 2.61 bits per heavy atom. The molecule has 0 fully saturated rings. The van der Waals surface area contributed by atoms with Gasteiger partial charge in [0.2, 0.25) is 10.0 Å². The highest BCUT2D eigenvalue weighted by Gasteiger charge is 2.35. The fourth-order valence-corrected chi connectivity index (χ4v) is 4.24. The molecule has 3 rings (SSSR count). The summed E-state index contributed by atoms with van der Waals surface area (Å²) in [5.41, 5.74) is 2.39. The topological polar surface area (TPSA) is 84.9 Å². The van der Waals surface area contributed by atoms with E-state index in [9.17, 15) is 13.2 Å². The molecule has 168 valence electrons. The van der Waals surface area contributed by atoms with Gasteiger partial charge in [-0.2, -0.15) is 0 Å². The van der Waals surface area contributed by atoms with Crippen LogP contribution in [0.25, 0.3) is 0 Å². The van der Waals surface area contributed by atoms with Crippen LogP contribution in [0.4, 0.5) is 5.69 Å². The quantitative estimate of drug-likeness (QED) is 0.690. The van der Waals surface area contributed by atoms with Crippen LogP contribution in [-0.2, 0) is 20.2 Å². The number of amides is 1. The first kappa shape index (κ1) is 22.9. The van der Waals surface area contributed by atoms with Gasteiger partial charge in [-0.05, 0) is 47.7 Å². The second-order valence-corrected chi connectivity index (χ2v) is 10.7. The van der Waals surface area contributed by atoms with Crippen molar-refractivity contribution in [2.24, 2.45) is 0 Å². The van der Waals surface area contributed by atoms with Crippen molar-refractivity contribution in [2.75, 3.05) is 30.3 Å². The van der Waals surface area contributed by atoms with E-state index in [0.29, 0.717) is 18.0 Å². The van der Waals surface area contributed by atoms with Gasteiger partial charge in [-0.3, -0.25) is 9.10 Å². The Morgan fingerprint density at radius 2 is 1.97 bits per heavy atom. The zero-order valence-corrected chi connectivity index (χ0v) is 19.5. The van der Waals surface area contributed by atoms with Crippen LogP contribution in [0.2, 0.25) is 0 Å². The van der Waals surface area contributed by atoms with Crippen molar-refractivity contribution >= 4 is 21.6 Å². The summed E-state index contributed by atoms with van der Waals surface area (Å²) in [4.78, 5) is 12.7. The van der Waals surface area contributed by atoms with Gasteiger partial charge in [0.1, 0.15) is 18.1 Å². The summed E-state index contributed by atoms with van der Waals surface area (Å²) in [6.45, 7) is 8.63. The molecule has 0 saturated carbocycles. The zero-order valence-electron chi connectivity index (χ0n) is 18.6. The number of carbonyl (C=O) groups is 1. The molecule has 8 heteroatoms. The predicted molar refractivity (Wildman–Crippen MR) is 121 cm³/mol. The van der Waals surface area contributed by atoms with Crippen molar-refractivity contribution in [3.05, 3.63) is 53.6 Å². The van der Waals surface area contributed by atoms with Crippen molar-refractivity contribution < 1.29 is 22.7 Å². The van der Waals surface area contributed by atoms with Gasteiger partial charge in [-0.25, -0.2) is 8.42 Å². The molecule has 1 amide bonds. The van der Waals surface area contributed by atoms with Crippen LogP contribution in [0.1, 0.15) is 31.9 Å². The summed E-state index contributed by atoms with van der Waals surface area (Å²) >= 11 is 0. The number of carbonyl (C=O) groups excluding carboxylic acids is 1. The molecule has 1 heterocycles. The molecule has 1 atom stereocenters. The Hall–Kier alpha value is -2.74. The lowest BCUT2D eigenvalue weighted by Gasteiger charge is -2.35. The second-order valence-electron chi connectivity index (χ2n) is 8.79. The summed E-state index contributed by atoms with van der Waals surface area (Å²) in [7, 11) is -3.58. The number of benzene rings is 2. The van der Waals surface area contributed by atoms with Crippen molar-refractivity contribution in [3.8, 4) is 11.5 Å². The fraction of sp³-hybridized carbons (Fsp3) is 0.435. The molecular weight excluding hydrogens is 416 g/mol. The molecule has 0 saturated heterocycles. The Labute approximate surface area is 184 Å². The Bertz CT molecular complexity index is 1060. The first-order valence-electron chi connectivity index (χ1n) is 10.2. The van der Waals surface area contributed by atoms with Crippen molar-refractivity contribution in [2.45, 2.75) is 39.2 Å². The highest BCUT2D eigenvalue weighted by molar-refractivity contribution is 7.92. The van der Waals surface area contributed by atoms with Crippen molar-refractivity contribution in [1.29, 1.82) is 0 Å². The minimum Gasteiger partial charge on any atom is -0.492 e. The van der Waals surface area contributed by atoms with E-state index in [0.717, 1.165) is 23.1 Å². The maximum absolute atomic E-state index is 12.7. The number of rotatable bonds is 6. The number of aryl methyl sites for hydroxylation is 1. The summed E-state index contributed by atoms with van der Waals surface area (Å²) in [5, 5.41) is 2.77. The molecule has 0 aromatic heterocycles. The summed E-state index contributed by atoms with van der Waals surface area (Å²) in [5.74, 6) is 0.725. The molecular formula is C23H30N2O5S. The molecule has 1 aliphatic rings. The molecule has 0 unspecified atom stereocenters. The molecule has 1 N–H and O–H groups in total. The molecule has 2 aromatic carbocycles. The molecule has 31 heavy (non-hydrogen) atoms. The number of nitrogens with one attached hydrogen (secondary N) is 1. The Balaban J connectivity index is 1.68. The number of ether oxygens (including phenoxy) is 2.